The van der Waals surface area contributed by atoms with Gasteiger partial charge in [0.05, 0.1) is 40.6 Å². The zero-order valence-electron chi connectivity index (χ0n) is 25.6. The Hall–Kier alpha value is -4.56. The van der Waals surface area contributed by atoms with E-state index in [2.05, 4.69) is 15.4 Å². The lowest BCUT2D eigenvalue weighted by atomic mass is 10.1. The largest absolute Gasteiger partial charge is 0.467 e. The van der Waals surface area contributed by atoms with E-state index >= 15 is 0 Å². The van der Waals surface area contributed by atoms with E-state index in [1.807, 2.05) is 29.2 Å². The minimum absolute atomic E-state index is 0.0182. The number of aliphatic hydroxyl groups is 2. The predicted octanol–water partition coefficient (Wildman–Crippen LogP) is 1.41. The first-order valence-corrected chi connectivity index (χ1v) is 14.0. The van der Waals surface area contributed by atoms with Crippen molar-refractivity contribution in [3.05, 3.63) is 59.7 Å². The summed E-state index contributed by atoms with van der Waals surface area (Å²) in [4.78, 5) is 48.2. The number of ether oxygens (including phenoxy) is 4. The van der Waals surface area contributed by atoms with Crippen molar-refractivity contribution in [3.8, 4) is 0 Å². The second-order valence-corrected chi connectivity index (χ2v) is 9.13. The first-order chi connectivity index (χ1) is 21.1. The lowest BCUT2D eigenvalue weighted by Gasteiger charge is -2.23. The Kier molecular flexibility index (Phi) is 18.0. The number of alkyl carbamates (subject to hydrolysis) is 2. The van der Waals surface area contributed by atoms with Gasteiger partial charge in [0.1, 0.15) is 12.1 Å². The molecule has 44 heavy (non-hydrogen) atoms. The number of methoxy groups -OCH3 is 2. The fraction of sp³-hybridized carbons (Fsp3) is 0.467. The molecule has 0 heterocycles. The van der Waals surface area contributed by atoms with Crippen molar-refractivity contribution in [2.24, 2.45) is 0 Å². The molecule has 0 fully saturated rings. The number of carbonyl (C=O) groups is 4. The van der Waals surface area contributed by atoms with Gasteiger partial charge in [-0.2, -0.15) is 0 Å². The second kappa shape index (κ2) is 21.2. The molecule has 0 radical (unpaired) electrons. The summed E-state index contributed by atoms with van der Waals surface area (Å²) in [7, 11) is 2.53. The zero-order chi connectivity index (χ0) is 32.9. The van der Waals surface area contributed by atoms with E-state index < -0.39 is 36.2 Å². The Morgan fingerprint density at radius 2 is 1.11 bits per heavy atom. The third-order valence-corrected chi connectivity index (χ3v) is 6.01. The molecule has 2 aromatic carbocycles. The van der Waals surface area contributed by atoms with Crippen LogP contribution in [0.3, 0.4) is 0 Å². The van der Waals surface area contributed by atoms with Crippen molar-refractivity contribution in [2.75, 3.05) is 64.4 Å². The van der Waals surface area contributed by atoms with Gasteiger partial charge in [-0.05, 0) is 49.2 Å². The van der Waals surface area contributed by atoms with Crippen LogP contribution in [-0.2, 0) is 41.4 Å². The van der Waals surface area contributed by atoms with Gasteiger partial charge in [-0.25, -0.2) is 19.2 Å². The monoisotopic (exact) mass is 620 g/mol. The molecule has 0 aromatic heterocycles. The van der Waals surface area contributed by atoms with Crippen molar-refractivity contribution < 1.29 is 48.3 Å². The number of amides is 2. The number of carbonyl (C=O) groups excluding carboxylic acids is 4. The van der Waals surface area contributed by atoms with E-state index in [1.165, 1.54) is 14.2 Å². The van der Waals surface area contributed by atoms with E-state index in [1.54, 1.807) is 38.1 Å². The summed E-state index contributed by atoms with van der Waals surface area (Å²) < 4.78 is 18.9. The minimum Gasteiger partial charge on any atom is -0.467 e. The minimum atomic E-state index is -0.846. The number of aliphatic hydroxyl groups excluding tert-OH is 2. The molecule has 0 bridgehead atoms. The lowest BCUT2D eigenvalue weighted by molar-refractivity contribution is -0.143. The summed E-state index contributed by atoms with van der Waals surface area (Å²) in [6, 6.07) is 12.7. The number of nitrogens with one attached hydrogen (secondary N) is 2. The molecule has 14 heteroatoms. The van der Waals surface area contributed by atoms with Gasteiger partial charge in [-0.3, -0.25) is 0 Å². The topological polar surface area (TPSA) is 199 Å². The summed E-state index contributed by atoms with van der Waals surface area (Å²) in [6.07, 6.45) is -0.753. The number of anilines is 2. The van der Waals surface area contributed by atoms with Gasteiger partial charge >= 0.3 is 24.1 Å². The highest BCUT2D eigenvalue weighted by molar-refractivity contribution is 5.82. The fourth-order valence-corrected chi connectivity index (χ4v) is 3.88. The number of nitrogens with zero attached hydrogens (tertiary/aromatic N) is 1. The first-order valence-electron chi connectivity index (χ1n) is 14.0. The number of hydrogen-bond donors (Lipinski definition) is 5. The number of nitrogens with two attached hydrogens (primary N) is 1. The molecule has 0 spiro atoms. The molecule has 0 aliphatic heterocycles. The maximum absolute atomic E-state index is 11.8. The van der Waals surface area contributed by atoms with E-state index in [9.17, 15) is 19.2 Å². The van der Waals surface area contributed by atoms with Crippen LogP contribution in [0.15, 0.2) is 48.5 Å². The quantitative estimate of drug-likeness (QED) is 0.109. The Balaban J connectivity index is 0.000000457. The smallest absolute Gasteiger partial charge is 0.407 e. The van der Waals surface area contributed by atoms with Crippen molar-refractivity contribution >= 4 is 35.5 Å². The van der Waals surface area contributed by atoms with E-state index in [0.29, 0.717) is 25.2 Å². The zero-order valence-corrected chi connectivity index (χ0v) is 25.6. The molecular formula is C30H44N4O10. The van der Waals surface area contributed by atoms with Gasteiger partial charge in [0, 0.05) is 37.3 Å². The average molecular weight is 621 g/mol. The summed E-state index contributed by atoms with van der Waals surface area (Å²) in [6.45, 7) is 4.60. The second-order valence-electron chi connectivity index (χ2n) is 9.13. The lowest BCUT2D eigenvalue weighted by Crippen LogP contribution is -2.43. The number of hydrogen-bond acceptors (Lipinski definition) is 12. The molecule has 0 aliphatic rings. The molecule has 6 N–H and O–H groups in total. The van der Waals surface area contributed by atoms with Gasteiger partial charge in [-0.15, -0.1) is 0 Å². The van der Waals surface area contributed by atoms with Crippen LogP contribution in [0.2, 0.25) is 0 Å². The molecule has 2 rings (SSSR count). The van der Waals surface area contributed by atoms with Gasteiger partial charge in [-0.1, -0.05) is 24.3 Å². The van der Waals surface area contributed by atoms with Crippen LogP contribution in [0.4, 0.5) is 21.0 Å². The van der Waals surface area contributed by atoms with Crippen LogP contribution in [-0.4, -0.2) is 100 Å². The van der Waals surface area contributed by atoms with E-state index in [0.717, 1.165) is 16.8 Å². The van der Waals surface area contributed by atoms with E-state index in [4.69, 9.17) is 30.2 Å². The fourth-order valence-electron chi connectivity index (χ4n) is 3.88. The maximum atomic E-state index is 11.8. The van der Waals surface area contributed by atoms with Crippen molar-refractivity contribution in [1.82, 2.24) is 10.6 Å². The Morgan fingerprint density at radius 1 is 0.727 bits per heavy atom. The molecule has 2 aromatic rings. The Morgan fingerprint density at radius 3 is 1.45 bits per heavy atom. The molecule has 14 nitrogen and oxygen atoms in total. The van der Waals surface area contributed by atoms with Gasteiger partial charge < -0.3 is 50.4 Å². The molecule has 2 atom stereocenters. The van der Waals surface area contributed by atoms with Crippen molar-refractivity contribution in [2.45, 2.75) is 38.8 Å². The van der Waals surface area contributed by atoms with Gasteiger partial charge in [0.25, 0.3) is 0 Å². The number of benzene rings is 2. The summed E-state index contributed by atoms with van der Waals surface area (Å²) in [5.74, 6) is -1.08. The highest BCUT2D eigenvalue weighted by Crippen LogP contribution is 2.16. The molecule has 0 unspecified atom stereocenters. The van der Waals surface area contributed by atoms with E-state index in [-0.39, 0.29) is 32.8 Å². The standard InChI is InChI=1S/C17H26N2O6.C13H18N2O4/c1-3-25-17(23)18-15(16(22)24-2)12-13-4-6-14(7-5-13)19(8-10-20)9-11-21;1-3-19-13(17)15-11(12(16)18-2)8-9-4-6-10(14)7-5-9/h4-7,15,20-21H,3,8-12H2,1-2H3,(H,18,23);4-7,11H,3,8,14H2,1-2H3,(H,15,17)/t15-;11-/m00/s1. The highest BCUT2D eigenvalue weighted by Gasteiger charge is 2.23. The third-order valence-electron chi connectivity index (χ3n) is 6.01. The van der Waals surface area contributed by atoms with Crippen LogP contribution in [0.5, 0.6) is 0 Å². The summed E-state index contributed by atoms with van der Waals surface area (Å²) in [5.41, 5.74) is 8.75. The molecule has 2 amide bonds. The summed E-state index contributed by atoms with van der Waals surface area (Å²) in [5, 5.41) is 23.1. The van der Waals surface area contributed by atoms with Gasteiger partial charge in [0.15, 0.2) is 0 Å². The average Bonchev–Trinajstić information content (AvgIpc) is 3.01. The maximum Gasteiger partial charge on any atom is 0.407 e. The van der Waals surface area contributed by atoms with Crippen molar-refractivity contribution in [3.63, 3.8) is 0 Å². The summed E-state index contributed by atoms with van der Waals surface area (Å²) >= 11 is 0. The van der Waals surface area contributed by atoms with Crippen LogP contribution in [0.1, 0.15) is 25.0 Å². The number of nitrogen functional groups attached to an aromatic ring is 1. The predicted molar refractivity (Wildman–Crippen MR) is 163 cm³/mol. The van der Waals surface area contributed by atoms with Crippen LogP contribution in [0, 0.1) is 0 Å². The molecule has 0 aliphatic carbocycles. The first kappa shape index (κ1) is 37.5. The van der Waals surface area contributed by atoms with Crippen LogP contribution in [0.25, 0.3) is 0 Å². The van der Waals surface area contributed by atoms with Crippen LogP contribution < -0.4 is 21.3 Å². The number of esters is 2. The SMILES string of the molecule is CCOC(=O)N[C@@H](Cc1ccc(N(CCO)CCO)cc1)C(=O)OC.CCOC(=O)N[C@@H](Cc1ccc(N)cc1)C(=O)OC. The Bertz CT molecular complexity index is 1140. The third kappa shape index (κ3) is 14.1. The molecule has 244 valence electrons. The normalized spacial score (nSPS) is 11.5. The molecular weight excluding hydrogens is 576 g/mol. The van der Waals surface area contributed by atoms with Crippen molar-refractivity contribution in [1.29, 1.82) is 0 Å². The Labute approximate surface area is 257 Å². The molecule has 0 saturated heterocycles. The van der Waals surface area contributed by atoms with Gasteiger partial charge in [0.2, 0.25) is 0 Å². The van der Waals surface area contributed by atoms with Crippen LogP contribution >= 0.6 is 0 Å². The number of rotatable bonds is 15. The highest BCUT2D eigenvalue weighted by atomic mass is 16.6. The molecule has 0 saturated carbocycles.